The Morgan fingerprint density at radius 2 is 1.83 bits per heavy atom. The standard InChI is InChI=1S/C20H16N4O3S2/c25-19(23-20-22-16(11-28-20)12-5-6-12)13-7-9-14(10-8-13)21-18-15-3-1-2-4-17(15)29(26,27)24-18/h1-4,7-12H,5-6H2,(H,21,24)(H,22,23,25). The molecule has 1 aliphatic carbocycles. The molecule has 2 aromatic carbocycles. The van der Waals surface area contributed by atoms with E-state index in [2.05, 4.69) is 20.0 Å². The van der Waals surface area contributed by atoms with Gasteiger partial charge >= 0.3 is 0 Å². The number of nitrogens with one attached hydrogen (secondary N) is 2. The summed E-state index contributed by atoms with van der Waals surface area (Å²) in [5.74, 6) is 0.585. The number of amides is 1. The molecule has 0 bridgehead atoms. The fourth-order valence-corrected chi connectivity index (χ4v) is 5.08. The number of hydrogen-bond donors (Lipinski definition) is 2. The van der Waals surface area contributed by atoms with E-state index in [0.29, 0.717) is 27.9 Å². The highest BCUT2D eigenvalue weighted by atomic mass is 32.2. The molecule has 0 unspecified atom stereocenters. The third-order valence-corrected chi connectivity index (χ3v) is 6.89. The number of carbonyl (C=O) groups is 1. The van der Waals surface area contributed by atoms with Gasteiger partial charge in [-0.1, -0.05) is 12.1 Å². The lowest BCUT2D eigenvalue weighted by atomic mass is 10.1. The van der Waals surface area contributed by atoms with Crippen molar-refractivity contribution in [2.45, 2.75) is 23.7 Å². The Kier molecular flexibility index (Phi) is 4.21. The summed E-state index contributed by atoms with van der Waals surface area (Å²) in [6.45, 7) is 0. The van der Waals surface area contributed by atoms with E-state index in [1.807, 2.05) is 5.38 Å². The average molecular weight is 425 g/mol. The van der Waals surface area contributed by atoms with Crippen LogP contribution in [0.2, 0.25) is 0 Å². The number of nitrogens with zero attached hydrogens (tertiary/aromatic N) is 2. The maximum absolute atomic E-state index is 12.4. The second-order valence-corrected chi connectivity index (χ2v) is 9.35. The van der Waals surface area contributed by atoms with Crippen molar-refractivity contribution >= 4 is 43.9 Å². The minimum atomic E-state index is -3.68. The molecular formula is C20H16N4O3S2. The zero-order chi connectivity index (χ0) is 20.0. The van der Waals surface area contributed by atoms with Gasteiger partial charge in [-0.2, -0.15) is 8.42 Å². The van der Waals surface area contributed by atoms with Gasteiger partial charge in [-0.25, -0.2) is 4.98 Å². The normalized spacial score (nSPS) is 16.8. The summed E-state index contributed by atoms with van der Waals surface area (Å²) >= 11 is 1.43. The van der Waals surface area contributed by atoms with Crippen LogP contribution in [0.1, 0.15) is 40.4 Å². The molecule has 2 aliphatic rings. The summed E-state index contributed by atoms with van der Waals surface area (Å²) in [7, 11) is -3.68. The molecule has 1 saturated carbocycles. The number of aromatic nitrogens is 1. The zero-order valence-corrected chi connectivity index (χ0v) is 16.8. The highest BCUT2D eigenvalue weighted by Crippen LogP contribution is 2.40. The lowest BCUT2D eigenvalue weighted by Gasteiger charge is -2.07. The highest BCUT2D eigenvalue weighted by Gasteiger charge is 2.28. The Morgan fingerprint density at radius 3 is 2.59 bits per heavy atom. The van der Waals surface area contributed by atoms with E-state index < -0.39 is 10.0 Å². The van der Waals surface area contributed by atoms with Crippen LogP contribution in [0.15, 0.2) is 63.2 Å². The number of sulfonamides is 1. The number of anilines is 2. The van der Waals surface area contributed by atoms with Crippen LogP contribution in [0.3, 0.4) is 0 Å². The van der Waals surface area contributed by atoms with Crippen molar-refractivity contribution < 1.29 is 13.2 Å². The fraction of sp³-hybridized carbons (Fsp3) is 0.150. The van der Waals surface area contributed by atoms with Crippen LogP contribution in [0.5, 0.6) is 0 Å². The first kappa shape index (κ1) is 18.0. The van der Waals surface area contributed by atoms with Gasteiger partial charge in [0.05, 0.1) is 5.69 Å². The molecule has 0 atom stereocenters. The van der Waals surface area contributed by atoms with Gasteiger partial charge in [-0.05, 0) is 49.2 Å². The quantitative estimate of drug-likeness (QED) is 0.663. The van der Waals surface area contributed by atoms with Crippen LogP contribution in [0, 0.1) is 0 Å². The van der Waals surface area contributed by atoms with Crippen LogP contribution in [0.4, 0.5) is 10.8 Å². The number of amidine groups is 1. The average Bonchev–Trinajstić information content (AvgIpc) is 3.41. The molecule has 7 nitrogen and oxygen atoms in total. The van der Waals surface area contributed by atoms with E-state index in [9.17, 15) is 13.2 Å². The lowest BCUT2D eigenvalue weighted by molar-refractivity contribution is 0.102. The van der Waals surface area contributed by atoms with Crippen LogP contribution in [-0.2, 0) is 10.0 Å². The van der Waals surface area contributed by atoms with Gasteiger partial charge in [-0.15, -0.1) is 15.7 Å². The Bertz CT molecular complexity index is 1240. The maximum atomic E-state index is 12.4. The Hall–Kier alpha value is -3.04. The maximum Gasteiger partial charge on any atom is 0.285 e. The molecule has 1 aromatic heterocycles. The number of carbonyl (C=O) groups excluding carboxylic acids is 1. The van der Waals surface area contributed by atoms with Crippen LogP contribution in [-0.4, -0.2) is 25.1 Å². The van der Waals surface area contributed by atoms with E-state index >= 15 is 0 Å². The molecule has 1 fully saturated rings. The third-order valence-electron chi connectivity index (χ3n) is 4.78. The second-order valence-electron chi connectivity index (χ2n) is 6.92. The number of thiazole rings is 1. The summed E-state index contributed by atoms with van der Waals surface area (Å²) in [5.41, 5.74) is 2.71. The van der Waals surface area contributed by atoms with Crippen LogP contribution in [0.25, 0.3) is 0 Å². The van der Waals surface area contributed by atoms with Crippen molar-refractivity contribution in [1.29, 1.82) is 0 Å². The number of rotatable bonds is 4. The summed E-state index contributed by atoms with van der Waals surface area (Å²) < 4.78 is 28.1. The summed E-state index contributed by atoms with van der Waals surface area (Å²) in [4.78, 5) is 17.1. The van der Waals surface area contributed by atoms with E-state index in [-0.39, 0.29) is 16.6 Å². The summed E-state index contributed by atoms with van der Waals surface area (Å²) in [6.07, 6.45) is 2.34. The molecule has 2 N–H and O–H groups in total. The van der Waals surface area contributed by atoms with Crippen molar-refractivity contribution in [2.75, 3.05) is 10.6 Å². The first-order valence-electron chi connectivity index (χ1n) is 9.08. The molecule has 0 spiro atoms. The van der Waals surface area contributed by atoms with E-state index in [0.717, 1.165) is 5.69 Å². The Morgan fingerprint density at radius 1 is 1.07 bits per heavy atom. The van der Waals surface area contributed by atoms with Gasteiger partial charge in [0.2, 0.25) is 0 Å². The van der Waals surface area contributed by atoms with Crippen LogP contribution >= 0.6 is 11.3 Å². The van der Waals surface area contributed by atoms with Crippen molar-refractivity contribution in [2.24, 2.45) is 4.40 Å². The first-order valence-corrected chi connectivity index (χ1v) is 11.4. The number of fused-ring (bicyclic) bond motifs is 1. The van der Waals surface area contributed by atoms with Gasteiger partial charge in [0.25, 0.3) is 15.9 Å². The Balaban J connectivity index is 1.29. The Labute approximate surface area is 171 Å². The molecule has 0 radical (unpaired) electrons. The van der Waals surface area contributed by atoms with E-state index in [1.54, 1.807) is 42.5 Å². The predicted molar refractivity (Wildman–Crippen MR) is 112 cm³/mol. The van der Waals surface area contributed by atoms with Gasteiger partial charge in [0.15, 0.2) is 11.0 Å². The van der Waals surface area contributed by atoms with Gasteiger partial charge in [-0.3, -0.25) is 10.1 Å². The smallest absolute Gasteiger partial charge is 0.285 e. The topological polar surface area (TPSA) is 101 Å². The zero-order valence-electron chi connectivity index (χ0n) is 15.1. The second kappa shape index (κ2) is 6.78. The number of hydrogen-bond acceptors (Lipinski definition) is 6. The summed E-state index contributed by atoms with van der Waals surface area (Å²) in [5, 5.41) is 8.44. The van der Waals surface area contributed by atoms with Crippen LogP contribution < -0.4 is 10.6 Å². The largest absolute Gasteiger partial charge is 0.339 e. The number of benzene rings is 2. The minimum absolute atomic E-state index is 0.188. The first-order chi connectivity index (χ1) is 14.0. The highest BCUT2D eigenvalue weighted by molar-refractivity contribution is 7.90. The SMILES string of the molecule is O=C(Nc1nc(C2CC2)cs1)c1ccc(NC2=NS(=O)(=O)c3ccccc32)cc1. The fourth-order valence-electron chi connectivity index (χ4n) is 3.12. The van der Waals surface area contributed by atoms with Gasteiger partial charge in [0.1, 0.15) is 4.90 Å². The van der Waals surface area contributed by atoms with Gasteiger partial charge in [0, 0.05) is 28.1 Å². The molecule has 2 heterocycles. The predicted octanol–water partition coefficient (Wildman–Crippen LogP) is 3.83. The van der Waals surface area contributed by atoms with E-state index in [1.165, 1.54) is 30.2 Å². The van der Waals surface area contributed by atoms with E-state index in [4.69, 9.17) is 0 Å². The molecule has 0 saturated heterocycles. The summed E-state index contributed by atoms with van der Waals surface area (Å²) in [6, 6.07) is 13.4. The van der Waals surface area contributed by atoms with Crippen molar-refractivity contribution in [1.82, 2.24) is 4.98 Å². The molecule has 9 heteroatoms. The molecule has 146 valence electrons. The van der Waals surface area contributed by atoms with Crippen molar-refractivity contribution in [3.05, 3.63) is 70.7 Å². The lowest BCUT2D eigenvalue weighted by Crippen LogP contribution is -2.13. The molecule has 5 rings (SSSR count). The van der Waals surface area contributed by atoms with Crippen molar-refractivity contribution in [3.63, 3.8) is 0 Å². The molecule has 29 heavy (non-hydrogen) atoms. The molecule has 3 aromatic rings. The molecule has 1 aliphatic heterocycles. The molecule has 1 amide bonds. The van der Waals surface area contributed by atoms with Crippen molar-refractivity contribution in [3.8, 4) is 0 Å². The monoisotopic (exact) mass is 424 g/mol. The third kappa shape index (κ3) is 3.54. The minimum Gasteiger partial charge on any atom is -0.339 e. The van der Waals surface area contributed by atoms with Gasteiger partial charge < -0.3 is 5.32 Å². The molecular weight excluding hydrogens is 408 g/mol.